The number of aliphatic hydroxyl groups is 1. The Hall–Kier alpha value is -4.76. The maximum Gasteiger partial charge on any atom is 0.341 e. The topological polar surface area (TPSA) is 83.5 Å². The molecule has 1 N–H and O–H groups in total. The molecule has 1 spiro atoms. The predicted molar refractivity (Wildman–Crippen MR) is 361 cm³/mol. The third-order valence-electron chi connectivity index (χ3n) is 18.1. The Kier molecular flexibility index (Phi) is 22.7. The van der Waals surface area contributed by atoms with Crippen molar-refractivity contribution in [2.45, 2.75) is 196 Å². The number of carbonyl (C=O) groups is 1. The molecular weight excluding hydrogens is 1090 g/mol. The summed E-state index contributed by atoms with van der Waals surface area (Å²) in [6.45, 7) is 45.2. The van der Waals surface area contributed by atoms with Crippen molar-refractivity contribution in [2.24, 2.45) is 29.1 Å². The molecule has 1 aliphatic carbocycles. The van der Waals surface area contributed by atoms with E-state index in [1.807, 2.05) is 6.92 Å². The minimum absolute atomic E-state index is 0.0205. The zero-order valence-corrected chi connectivity index (χ0v) is 58.1. The molecule has 1 saturated heterocycles. The van der Waals surface area contributed by atoms with Crippen molar-refractivity contribution < 1.29 is 32.7 Å². The second-order valence-electron chi connectivity index (χ2n) is 29.2. The molecule has 6 rings (SSSR count). The fourth-order valence-electron chi connectivity index (χ4n) is 12.3. The number of rotatable bonds is 23. The van der Waals surface area contributed by atoms with Crippen LogP contribution in [0, 0.1) is 29.1 Å². The second-order valence-corrected chi connectivity index (χ2v) is 42.6. The van der Waals surface area contributed by atoms with Gasteiger partial charge in [-0.25, -0.2) is 4.79 Å². The summed E-state index contributed by atoms with van der Waals surface area (Å²) in [5.74, 6) is -0.347. The van der Waals surface area contributed by atoms with Crippen molar-refractivity contribution >= 4 is 51.7 Å². The minimum Gasteiger partial charge on any atom is -0.433 e. The van der Waals surface area contributed by atoms with Gasteiger partial charge in [0.25, 0.3) is 16.6 Å². The number of allylic oxidation sites excluding steroid dienone is 5. The lowest BCUT2D eigenvalue weighted by Gasteiger charge is -2.46. The summed E-state index contributed by atoms with van der Waals surface area (Å²) >= 11 is 0. The first-order valence-electron chi connectivity index (χ1n) is 31.0. The van der Waals surface area contributed by atoms with E-state index in [9.17, 15) is 9.90 Å². The van der Waals surface area contributed by atoms with Crippen LogP contribution in [-0.4, -0.2) is 73.3 Å². The molecule has 0 unspecified atom stereocenters. The summed E-state index contributed by atoms with van der Waals surface area (Å²) in [6.07, 6.45) is 18.6. The van der Waals surface area contributed by atoms with Crippen LogP contribution in [0.15, 0.2) is 192 Å². The number of hydrogen-bond donors (Lipinski definition) is 1. The fourth-order valence-corrected chi connectivity index (χ4v) is 22.9. The van der Waals surface area contributed by atoms with Crippen molar-refractivity contribution in [3.63, 3.8) is 0 Å². The molecule has 0 bridgehead atoms. The van der Waals surface area contributed by atoms with Gasteiger partial charge in [0.15, 0.2) is 13.9 Å². The highest BCUT2D eigenvalue weighted by Gasteiger charge is 2.60. The summed E-state index contributed by atoms with van der Waals surface area (Å²) in [5, 5.41) is 14.4. The standard InChI is InChI=1S/C74H106O7Si3/c1-54(35-33-34-44-66(57(4)48-55(2)47-56(3)52-75)81-84(73(16,17)18,64-40-29-23-30-41-64)65-42-31-24-32-43-65)45-46-67(80-82(19,20)71(10,11)12)58(5)49-61-50-60(59(6)51-74(61)68(76)78-69(79-74)70(7,8)9)53-77-83(72(13,14)15,62-36-25-21-26-37-62)63-38-27-22-28-39-63/h21-45,47,49-50,55,57,59,61,66-67,69,75H,46,48,51-53H2,1-20H3/b35-33+,44-34+,54-45+,56-47+,58-49+/t55-,57+,59-,61+,66-,67+,69+,74+/m1/s1. The molecule has 0 aromatic heterocycles. The lowest BCUT2D eigenvalue weighted by Crippen LogP contribution is -2.68. The first-order valence-corrected chi connectivity index (χ1v) is 37.7. The van der Waals surface area contributed by atoms with E-state index in [4.69, 9.17) is 22.8 Å². The summed E-state index contributed by atoms with van der Waals surface area (Å²) in [7, 11) is -8.14. The van der Waals surface area contributed by atoms with Gasteiger partial charge in [-0.3, -0.25) is 0 Å². The number of esters is 1. The Bertz CT molecular complexity index is 2870. The van der Waals surface area contributed by atoms with Crippen molar-refractivity contribution in [3.8, 4) is 0 Å². The van der Waals surface area contributed by atoms with E-state index in [2.05, 4.69) is 301 Å². The summed E-state index contributed by atoms with van der Waals surface area (Å²) < 4.78 is 36.1. The van der Waals surface area contributed by atoms with E-state index >= 15 is 0 Å². The average Bonchev–Trinajstić information content (AvgIpc) is 1.49. The molecule has 1 fully saturated rings. The number of cyclic esters (lactones) is 1. The normalized spacial score (nSPS) is 21.7. The monoisotopic (exact) mass is 1190 g/mol. The van der Waals surface area contributed by atoms with Gasteiger partial charge in [0, 0.05) is 11.3 Å². The lowest BCUT2D eigenvalue weighted by molar-refractivity contribution is -0.158. The molecule has 0 amide bonds. The van der Waals surface area contributed by atoms with Gasteiger partial charge in [-0.05, 0) is 118 Å². The van der Waals surface area contributed by atoms with Crippen LogP contribution in [0.4, 0.5) is 0 Å². The average molecular weight is 1190 g/mol. The highest BCUT2D eigenvalue weighted by atomic mass is 28.4. The number of ether oxygens (including phenoxy) is 2. The van der Waals surface area contributed by atoms with E-state index in [-0.39, 0.29) is 57.7 Å². The minimum atomic E-state index is -2.91. The summed E-state index contributed by atoms with van der Waals surface area (Å²) in [5.41, 5.74) is 2.67. The molecular formula is C74H106O7Si3. The van der Waals surface area contributed by atoms with Crippen molar-refractivity contribution in [1.82, 2.24) is 0 Å². The zero-order chi connectivity index (χ0) is 62.1. The lowest BCUT2D eigenvalue weighted by atomic mass is 9.71. The van der Waals surface area contributed by atoms with Gasteiger partial charge in [-0.2, -0.15) is 0 Å². The third-order valence-corrected chi connectivity index (χ3v) is 32.6. The molecule has 10 heteroatoms. The Morgan fingerprint density at radius 2 is 1.19 bits per heavy atom. The number of benzene rings is 4. The highest BCUT2D eigenvalue weighted by Crippen LogP contribution is 2.49. The maximum absolute atomic E-state index is 14.7. The summed E-state index contributed by atoms with van der Waals surface area (Å²) in [4.78, 5) is 14.7. The van der Waals surface area contributed by atoms with Gasteiger partial charge >= 0.3 is 5.97 Å². The van der Waals surface area contributed by atoms with Crippen LogP contribution in [0.2, 0.25) is 28.2 Å². The largest absolute Gasteiger partial charge is 0.433 e. The molecule has 4 aromatic rings. The number of aliphatic hydroxyl groups excluding tert-OH is 1. The van der Waals surface area contributed by atoms with Gasteiger partial charge < -0.3 is 27.9 Å². The molecule has 0 saturated carbocycles. The quantitative estimate of drug-likeness (QED) is 0.0343. The molecule has 7 nitrogen and oxygen atoms in total. The molecule has 1 aliphatic heterocycles. The Balaban J connectivity index is 1.39. The Morgan fingerprint density at radius 1 is 0.702 bits per heavy atom. The van der Waals surface area contributed by atoms with Crippen molar-refractivity contribution in [1.29, 1.82) is 0 Å². The Labute approximate surface area is 512 Å². The van der Waals surface area contributed by atoms with Crippen LogP contribution in [0.25, 0.3) is 0 Å². The van der Waals surface area contributed by atoms with Gasteiger partial charge in [0.1, 0.15) is 0 Å². The first-order chi connectivity index (χ1) is 39.2. The van der Waals surface area contributed by atoms with Crippen LogP contribution in [0.1, 0.15) is 144 Å². The van der Waals surface area contributed by atoms with E-state index in [0.717, 1.165) is 28.7 Å². The molecule has 1 heterocycles. The smallest absolute Gasteiger partial charge is 0.341 e. The van der Waals surface area contributed by atoms with Crippen LogP contribution in [0.5, 0.6) is 0 Å². The van der Waals surface area contributed by atoms with Gasteiger partial charge in [0.05, 0.1) is 25.4 Å². The van der Waals surface area contributed by atoms with E-state index in [0.29, 0.717) is 19.4 Å². The van der Waals surface area contributed by atoms with Gasteiger partial charge in [-0.15, -0.1) is 0 Å². The van der Waals surface area contributed by atoms with Crippen molar-refractivity contribution in [3.05, 3.63) is 192 Å². The molecule has 456 valence electrons. The molecule has 2 aliphatic rings. The predicted octanol–water partition coefficient (Wildman–Crippen LogP) is 16.2. The first kappa shape index (κ1) is 68.4. The maximum atomic E-state index is 14.7. The van der Waals surface area contributed by atoms with E-state index in [1.165, 1.54) is 20.7 Å². The number of carbonyl (C=O) groups excluding carboxylic acids is 1. The van der Waals surface area contributed by atoms with Crippen LogP contribution in [0.3, 0.4) is 0 Å². The van der Waals surface area contributed by atoms with Crippen LogP contribution < -0.4 is 20.7 Å². The Morgan fingerprint density at radius 3 is 1.63 bits per heavy atom. The highest BCUT2D eigenvalue weighted by molar-refractivity contribution is 7.00. The van der Waals surface area contributed by atoms with Crippen LogP contribution in [-0.2, 0) is 27.5 Å². The summed E-state index contributed by atoms with van der Waals surface area (Å²) in [6, 6.07) is 43.4. The second kappa shape index (κ2) is 27.9. The SMILES string of the molecule is CC(/C=C/C=C/[C@@H](O[Si](c1ccccc1)(c1ccccc1)C(C)(C)C)[C@@H](C)C[C@H](C)/C=C(\C)CO)=C\C[C@H](O[Si](C)(C)C(C)(C)C)/C(C)=C/[C@H]1C=C(CO[Si](c2ccccc2)(c2ccccc2)C(C)(C)C)[C@H](C)C[C@]12O[C@@H](C(C)(C)C)OC2=O. The fraction of sp³-hybridized carbons (Fsp3) is 0.500. The van der Waals surface area contributed by atoms with Crippen LogP contribution >= 0.6 is 0 Å². The van der Waals surface area contributed by atoms with E-state index < -0.39 is 48.2 Å². The molecule has 4 aromatic carbocycles. The molecule has 84 heavy (non-hydrogen) atoms. The molecule has 8 atom stereocenters. The van der Waals surface area contributed by atoms with Gasteiger partial charge in [0.2, 0.25) is 6.29 Å². The zero-order valence-electron chi connectivity index (χ0n) is 55.1. The van der Waals surface area contributed by atoms with Crippen molar-refractivity contribution in [2.75, 3.05) is 13.2 Å². The van der Waals surface area contributed by atoms with Gasteiger partial charge in [-0.1, -0.05) is 285 Å². The van der Waals surface area contributed by atoms with E-state index in [1.54, 1.807) is 0 Å². The third kappa shape index (κ3) is 15.9. The number of hydrogen-bond acceptors (Lipinski definition) is 7. The molecule has 0 radical (unpaired) electrons.